The zero-order valence-corrected chi connectivity index (χ0v) is 6.21. The normalized spacial score (nSPS) is 8.82. The van der Waals surface area contributed by atoms with Gasteiger partial charge in [0.05, 0.1) is 6.61 Å². The summed E-state index contributed by atoms with van der Waals surface area (Å²) in [5.41, 5.74) is 1.24. The van der Waals surface area contributed by atoms with Gasteiger partial charge in [-0.25, -0.2) is 0 Å². The van der Waals surface area contributed by atoms with E-state index in [1.165, 1.54) is 5.56 Å². The molecule has 0 amide bonds. The van der Waals surface area contributed by atoms with E-state index in [1.807, 2.05) is 25.1 Å². The first-order valence-corrected chi connectivity index (χ1v) is 3.55. The molecule has 1 rings (SSSR count). The van der Waals surface area contributed by atoms with Crippen LogP contribution in [0.25, 0.3) is 0 Å². The van der Waals surface area contributed by atoms with Crippen molar-refractivity contribution in [2.45, 2.75) is 13.5 Å². The van der Waals surface area contributed by atoms with Crippen LogP contribution in [0.4, 0.5) is 0 Å². The van der Waals surface area contributed by atoms with Gasteiger partial charge in [0, 0.05) is 6.61 Å². The van der Waals surface area contributed by atoms with E-state index < -0.39 is 0 Å². The van der Waals surface area contributed by atoms with Gasteiger partial charge >= 0.3 is 37.7 Å². The van der Waals surface area contributed by atoms with Crippen LogP contribution < -0.4 is 0 Å². The summed E-state index contributed by atoms with van der Waals surface area (Å²) in [6, 6.07) is 10.2. The summed E-state index contributed by atoms with van der Waals surface area (Å²) in [4.78, 5) is 0. The van der Waals surface area contributed by atoms with E-state index in [9.17, 15) is 0 Å². The van der Waals surface area contributed by atoms with Crippen molar-refractivity contribution >= 4 is 37.7 Å². The zero-order chi connectivity index (χ0) is 7.23. The Kier molecular flexibility index (Phi) is 7.39. The minimum atomic E-state index is 0. The van der Waals surface area contributed by atoms with Gasteiger partial charge in [0.15, 0.2) is 0 Å². The van der Waals surface area contributed by atoms with Crippen molar-refractivity contribution in [3.05, 3.63) is 35.9 Å². The molecule has 0 spiro atoms. The molecule has 58 valence electrons. The molecule has 0 unspecified atom stereocenters. The summed E-state index contributed by atoms with van der Waals surface area (Å²) in [6.07, 6.45) is 0. The molecule has 0 saturated carbocycles. The summed E-state index contributed by atoms with van der Waals surface area (Å²) >= 11 is 0. The van der Waals surface area contributed by atoms with E-state index in [4.69, 9.17) is 4.74 Å². The Bertz CT molecular complexity index is 174. The summed E-state index contributed by atoms with van der Waals surface area (Å²) in [6.45, 7) is 3.52. The van der Waals surface area contributed by atoms with E-state index in [0.717, 1.165) is 13.2 Å². The molecule has 0 aromatic heterocycles. The molecule has 0 fully saturated rings. The molecule has 0 aliphatic carbocycles. The van der Waals surface area contributed by atoms with Gasteiger partial charge in [-0.2, -0.15) is 0 Å². The van der Waals surface area contributed by atoms with Crippen LogP contribution in [0, 0.1) is 0 Å². The predicted octanol–water partition coefficient (Wildman–Crippen LogP) is 1.31. The second kappa shape index (κ2) is 7.11. The summed E-state index contributed by atoms with van der Waals surface area (Å²) < 4.78 is 5.22. The maximum absolute atomic E-state index is 5.22. The molecule has 0 atom stereocenters. The standard InChI is InChI=1S/C9H12O.Ca.2H/c1-2-10-8-9-6-4-3-5-7-9;;;/h3-7H,2,8H2,1H3;;;. The van der Waals surface area contributed by atoms with E-state index >= 15 is 0 Å². The Hall–Kier alpha value is 0.440. The summed E-state index contributed by atoms with van der Waals surface area (Å²) in [5.74, 6) is 0. The van der Waals surface area contributed by atoms with Gasteiger partial charge in [-0.05, 0) is 12.5 Å². The Balaban J connectivity index is 0.000001000. The molecule has 0 radical (unpaired) electrons. The van der Waals surface area contributed by atoms with Crippen molar-refractivity contribution in [3.8, 4) is 0 Å². The molecule has 1 aromatic rings. The zero-order valence-electron chi connectivity index (χ0n) is 6.21. The fraction of sp³-hybridized carbons (Fsp3) is 0.333. The van der Waals surface area contributed by atoms with Gasteiger partial charge < -0.3 is 4.74 Å². The molecule has 2 heteroatoms. The van der Waals surface area contributed by atoms with Crippen molar-refractivity contribution in [1.29, 1.82) is 0 Å². The van der Waals surface area contributed by atoms with Crippen LogP contribution in [0.15, 0.2) is 30.3 Å². The molecule has 11 heavy (non-hydrogen) atoms. The van der Waals surface area contributed by atoms with Gasteiger partial charge in [-0.3, -0.25) is 0 Å². The van der Waals surface area contributed by atoms with Gasteiger partial charge in [-0.15, -0.1) is 0 Å². The van der Waals surface area contributed by atoms with E-state index in [1.54, 1.807) is 0 Å². The van der Waals surface area contributed by atoms with Gasteiger partial charge in [-0.1, -0.05) is 30.3 Å². The van der Waals surface area contributed by atoms with Crippen molar-refractivity contribution in [2.75, 3.05) is 6.61 Å². The van der Waals surface area contributed by atoms with Crippen molar-refractivity contribution in [2.24, 2.45) is 0 Å². The first kappa shape index (κ1) is 11.4. The Labute approximate surface area is 97.8 Å². The number of rotatable bonds is 3. The van der Waals surface area contributed by atoms with Crippen LogP contribution >= 0.6 is 0 Å². The third-order valence-electron chi connectivity index (χ3n) is 1.32. The number of ether oxygens (including phenoxy) is 1. The molecule has 0 aliphatic rings. The molecule has 1 nitrogen and oxygen atoms in total. The third kappa shape index (κ3) is 4.81. The third-order valence-corrected chi connectivity index (χ3v) is 1.32. The van der Waals surface area contributed by atoms with E-state index in [2.05, 4.69) is 12.1 Å². The molecule has 1 aromatic carbocycles. The fourth-order valence-electron chi connectivity index (χ4n) is 0.794. The first-order valence-electron chi connectivity index (χ1n) is 3.55. The summed E-state index contributed by atoms with van der Waals surface area (Å²) in [7, 11) is 0. The average Bonchev–Trinajstić information content (AvgIpc) is 2.03. The molecule has 0 aliphatic heterocycles. The van der Waals surface area contributed by atoms with Gasteiger partial charge in [0.25, 0.3) is 0 Å². The second-order valence-electron chi connectivity index (χ2n) is 2.12. The molecule has 0 N–H and O–H groups in total. The van der Waals surface area contributed by atoms with Crippen molar-refractivity contribution < 1.29 is 4.74 Å². The fourth-order valence-corrected chi connectivity index (χ4v) is 0.794. The number of benzene rings is 1. The van der Waals surface area contributed by atoms with Gasteiger partial charge in [0.2, 0.25) is 0 Å². The number of hydrogen-bond acceptors (Lipinski definition) is 1. The van der Waals surface area contributed by atoms with Crippen LogP contribution in [0.3, 0.4) is 0 Å². The van der Waals surface area contributed by atoms with Crippen molar-refractivity contribution in [3.63, 3.8) is 0 Å². The Morgan fingerprint density at radius 1 is 1.18 bits per heavy atom. The average molecular weight is 178 g/mol. The van der Waals surface area contributed by atoms with Crippen molar-refractivity contribution in [1.82, 2.24) is 0 Å². The molecule has 0 saturated heterocycles. The summed E-state index contributed by atoms with van der Waals surface area (Å²) in [5, 5.41) is 0. The van der Waals surface area contributed by atoms with Crippen LogP contribution in [-0.4, -0.2) is 44.3 Å². The molecule has 0 bridgehead atoms. The van der Waals surface area contributed by atoms with E-state index in [-0.39, 0.29) is 37.7 Å². The first-order chi connectivity index (χ1) is 4.93. The van der Waals surface area contributed by atoms with Crippen LogP contribution in [0.5, 0.6) is 0 Å². The van der Waals surface area contributed by atoms with E-state index in [0.29, 0.717) is 0 Å². The van der Waals surface area contributed by atoms with Gasteiger partial charge in [0.1, 0.15) is 0 Å². The Morgan fingerprint density at radius 3 is 2.36 bits per heavy atom. The second-order valence-corrected chi connectivity index (χ2v) is 2.12. The maximum atomic E-state index is 5.22. The minimum absolute atomic E-state index is 0. The molecule has 0 heterocycles. The van der Waals surface area contributed by atoms with Crippen LogP contribution in [0.2, 0.25) is 0 Å². The topological polar surface area (TPSA) is 9.23 Å². The Morgan fingerprint density at radius 2 is 1.82 bits per heavy atom. The molecular weight excluding hydrogens is 164 g/mol. The SMILES string of the molecule is CCOCc1ccccc1.[CaH2]. The predicted molar refractivity (Wildman–Crippen MR) is 50.3 cm³/mol. The monoisotopic (exact) mass is 178 g/mol. The van der Waals surface area contributed by atoms with Crippen LogP contribution in [0.1, 0.15) is 12.5 Å². The number of hydrogen-bond donors (Lipinski definition) is 0. The van der Waals surface area contributed by atoms with Crippen LogP contribution in [-0.2, 0) is 11.3 Å². The quantitative estimate of drug-likeness (QED) is 0.634. The molecular formula is C9H14CaO.